The minimum Gasteiger partial charge on any atom is -0.489 e. The van der Waals surface area contributed by atoms with E-state index in [-0.39, 0.29) is 35.4 Å². The standard InChI is InChI=1S/C33H37F9N4OS/c1-4-45(19-22-7-5-6-8-22)29-10-9-25(31(34,35)36)15-24(29)20-46(30-43-17-28(18-44-30)47-11-12-48-3)21(2)23-13-26(32(37,38)39)16-27(14-23)33(40,41)42/h9-10,13-18,21-22H,4-8,11-12,19-20H2,1-3H3. The molecule has 15 heteroatoms. The SMILES string of the molecule is CCN(CC1CCCC1)c1ccc(C(F)(F)F)cc1CN(c1ncc(OCCSC)cn1)C(C)c1cc(C(F)(F)F)cc(C(F)(F)F)c1. The first kappa shape index (κ1) is 37.5. The second-order valence-corrected chi connectivity index (χ2v) is 12.7. The Balaban J connectivity index is 1.85. The summed E-state index contributed by atoms with van der Waals surface area (Å²) in [6.07, 6.45) is -6.33. The van der Waals surface area contributed by atoms with Crippen LogP contribution in [0, 0.1) is 5.92 Å². The van der Waals surface area contributed by atoms with Crippen LogP contribution in [0.1, 0.15) is 73.4 Å². The van der Waals surface area contributed by atoms with Gasteiger partial charge in [0.15, 0.2) is 5.75 Å². The van der Waals surface area contributed by atoms with Gasteiger partial charge >= 0.3 is 18.5 Å². The van der Waals surface area contributed by atoms with Gasteiger partial charge in [0.1, 0.15) is 0 Å². The maximum Gasteiger partial charge on any atom is 0.416 e. The monoisotopic (exact) mass is 708 g/mol. The van der Waals surface area contributed by atoms with Gasteiger partial charge < -0.3 is 14.5 Å². The molecule has 4 rings (SSSR count). The van der Waals surface area contributed by atoms with Gasteiger partial charge in [0, 0.05) is 31.1 Å². The lowest BCUT2D eigenvalue weighted by Gasteiger charge is -2.34. The first-order valence-electron chi connectivity index (χ1n) is 15.5. The van der Waals surface area contributed by atoms with Crippen LogP contribution < -0.4 is 14.5 Å². The van der Waals surface area contributed by atoms with Crippen LogP contribution in [0.25, 0.3) is 0 Å². The molecule has 0 radical (unpaired) electrons. The molecule has 48 heavy (non-hydrogen) atoms. The highest BCUT2D eigenvalue weighted by Gasteiger charge is 2.38. The number of ether oxygens (including phenoxy) is 1. The predicted molar refractivity (Wildman–Crippen MR) is 168 cm³/mol. The van der Waals surface area contributed by atoms with Gasteiger partial charge in [0.05, 0.1) is 41.7 Å². The van der Waals surface area contributed by atoms with Gasteiger partial charge in [-0.05, 0) is 86.4 Å². The highest BCUT2D eigenvalue weighted by Crippen LogP contribution is 2.40. The molecule has 1 aliphatic carbocycles. The second-order valence-electron chi connectivity index (χ2n) is 11.7. The van der Waals surface area contributed by atoms with Crippen LogP contribution in [0.5, 0.6) is 5.75 Å². The molecule has 1 unspecified atom stereocenters. The summed E-state index contributed by atoms with van der Waals surface area (Å²) in [5.74, 6) is 1.15. The molecule has 0 N–H and O–H groups in total. The summed E-state index contributed by atoms with van der Waals surface area (Å²) < 4.78 is 130. The van der Waals surface area contributed by atoms with Crippen LogP contribution in [0.3, 0.4) is 0 Å². The lowest BCUT2D eigenvalue weighted by molar-refractivity contribution is -0.143. The lowest BCUT2D eigenvalue weighted by Crippen LogP contribution is -2.32. The third kappa shape index (κ3) is 9.63. The van der Waals surface area contributed by atoms with E-state index in [2.05, 4.69) is 9.97 Å². The zero-order chi connectivity index (χ0) is 35.3. The number of nitrogens with zero attached hydrogens (tertiary/aromatic N) is 4. The minimum atomic E-state index is -5.09. The van der Waals surface area contributed by atoms with Gasteiger partial charge in [-0.25, -0.2) is 9.97 Å². The van der Waals surface area contributed by atoms with E-state index >= 15 is 0 Å². The summed E-state index contributed by atoms with van der Waals surface area (Å²) in [6, 6.07) is 3.32. The lowest BCUT2D eigenvalue weighted by atomic mass is 9.98. The van der Waals surface area contributed by atoms with E-state index in [9.17, 15) is 39.5 Å². The number of thioether (sulfide) groups is 1. The van der Waals surface area contributed by atoms with Gasteiger partial charge in [0.2, 0.25) is 5.95 Å². The molecule has 0 saturated heterocycles. The Morgan fingerprint density at radius 3 is 1.96 bits per heavy atom. The van der Waals surface area contributed by atoms with Crippen LogP contribution in [0.2, 0.25) is 0 Å². The average molecular weight is 709 g/mol. The van der Waals surface area contributed by atoms with E-state index in [1.54, 1.807) is 0 Å². The van der Waals surface area contributed by atoms with Crippen molar-refractivity contribution in [2.75, 3.05) is 41.5 Å². The molecular formula is C33H37F9N4OS. The number of hydrogen-bond donors (Lipinski definition) is 0. The van der Waals surface area contributed by atoms with E-state index in [4.69, 9.17) is 4.74 Å². The molecular weight excluding hydrogens is 671 g/mol. The molecule has 1 fully saturated rings. The first-order chi connectivity index (χ1) is 22.5. The van der Waals surface area contributed by atoms with E-state index in [0.29, 0.717) is 49.2 Å². The normalized spacial score (nSPS) is 15.1. The van der Waals surface area contributed by atoms with Crippen molar-refractivity contribution in [2.24, 2.45) is 5.92 Å². The fourth-order valence-corrected chi connectivity index (χ4v) is 6.09. The summed E-state index contributed by atoms with van der Waals surface area (Å²) >= 11 is 1.54. The largest absolute Gasteiger partial charge is 0.489 e. The number of alkyl halides is 9. The number of hydrogen-bond acceptors (Lipinski definition) is 6. The van der Waals surface area contributed by atoms with Gasteiger partial charge in [-0.3, -0.25) is 0 Å². The molecule has 0 aliphatic heterocycles. The van der Waals surface area contributed by atoms with Crippen molar-refractivity contribution in [3.8, 4) is 5.75 Å². The molecule has 3 aromatic rings. The average Bonchev–Trinajstić information content (AvgIpc) is 3.54. The van der Waals surface area contributed by atoms with Crippen molar-refractivity contribution < 1.29 is 44.3 Å². The fourth-order valence-electron chi connectivity index (χ4n) is 5.84. The summed E-state index contributed by atoms with van der Waals surface area (Å²) in [7, 11) is 0. The van der Waals surface area contributed by atoms with Crippen LogP contribution in [-0.2, 0) is 25.1 Å². The molecule has 1 aliphatic rings. The Labute approximate surface area is 277 Å². The van der Waals surface area contributed by atoms with Gasteiger partial charge in [-0.15, -0.1) is 0 Å². The number of halogens is 9. The van der Waals surface area contributed by atoms with Crippen LogP contribution >= 0.6 is 11.8 Å². The van der Waals surface area contributed by atoms with Crippen molar-refractivity contribution in [3.63, 3.8) is 0 Å². The fraction of sp³-hybridized carbons (Fsp3) is 0.515. The molecule has 0 spiro atoms. The highest BCUT2D eigenvalue weighted by atomic mass is 32.2. The van der Waals surface area contributed by atoms with E-state index in [1.807, 2.05) is 18.1 Å². The second kappa shape index (κ2) is 15.5. The zero-order valence-corrected chi connectivity index (χ0v) is 27.5. The zero-order valence-electron chi connectivity index (χ0n) is 26.6. The smallest absolute Gasteiger partial charge is 0.416 e. The summed E-state index contributed by atoms with van der Waals surface area (Å²) in [5.41, 5.74) is -3.68. The number of aromatic nitrogens is 2. The topological polar surface area (TPSA) is 41.5 Å². The van der Waals surface area contributed by atoms with Crippen molar-refractivity contribution in [3.05, 3.63) is 76.6 Å². The molecule has 0 bridgehead atoms. The Morgan fingerprint density at radius 1 is 0.854 bits per heavy atom. The summed E-state index contributed by atoms with van der Waals surface area (Å²) in [4.78, 5) is 11.9. The van der Waals surface area contributed by atoms with Crippen molar-refractivity contribution in [1.29, 1.82) is 0 Å². The molecule has 264 valence electrons. The first-order valence-corrected chi connectivity index (χ1v) is 16.9. The number of rotatable bonds is 13. The third-order valence-corrected chi connectivity index (χ3v) is 8.99. The van der Waals surface area contributed by atoms with E-state index < -0.39 is 41.3 Å². The molecule has 0 amide bonds. The van der Waals surface area contributed by atoms with E-state index in [1.165, 1.54) is 42.0 Å². The molecule has 1 saturated carbocycles. The molecule has 1 heterocycles. The Bertz CT molecular complexity index is 1460. The third-order valence-electron chi connectivity index (χ3n) is 8.41. The van der Waals surface area contributed by atoms with Gasteiger partial charge in [-0.1, -0.05) is 12.8 Å². The molecule has 1 atom stereocenters. The van der Waals surface area contributed by atoms with Crippen molar-refractivity contribution in [1.82, 2.24) is 9.97 Å². The molecule has 5 nitrogen and oxygen atoms in total. The highest BCUT2D eigenvalue weighted by molar-refractivity contribution is 7.98. The number of benzene rings is 2. The maximum atomic E-state index is 14.0. The Hall–Kier alpha value is -3.36. The Morgan fingerprint density at radius 2 is 1.44 bits per heavy atom. The maximum absolute atomic E-state index is 14.0. The van der Waals surface area contributed by atoms with Gasteiger partial charge in [0.25, 0.3) is 0 Å². The molecule has 2 aromatic carbocycles. The van der Waals surface area contributed by atoms with Gasteiger partial charge in [-0.2, -0.15) is 51.3 Å². The van der Waals surface area contributed by atoms with E-state index in [0.717, 1.165) is 37.8 Å². The quantitative estimate of drug-likeness (QED) is 0.130. The minimum absolute atomic E-state index is 0.0326. The van der Waals surface area contributed by atoms with Crippen LogP contribution in [0.4, 0.5) is 51.1 Å². The van der Waals surface area contributed by atoms with Crippen molar-refractivity contribution >= 4 is 23.4 Å². The van der Waals surface area contributed by atoms with Crippen LogP contribution in [0.15, 0.2) is 48.8 Å². The Kier molecular flexibility index (Phi) is 12.1. The molecule has 1 aromatic heterocycles. The summed E-state index contributed by atoms with van der Waals surface area (Å²) in [6.45, 7) is 4.27. The number of anilines is 2. The predicted octanol–water partition coefficient (Wildman–Crippen LogP) is 10.1. The van der Waals surface area contributed by atoms with Crippen molar-refractivity contribution in [2.45, 2.75) is 70.6 Å². The van der Waals surface area contributed by atoms with Crippen LogP contribution in [-0.4, -0.2) is 41.7 Å². The summed E-state index contributed by atoms with van der Waals surface area (Å²) in [5, 5.41) is 0.